The SMILES string of the molecule is COc1cc(CCN(C(=O)c2ccccc2Cl)C2CC2)cc(OC)c1OC. The molecule has 1 saturated carbocycles. The average Bonchev–Trinajstić information content (AvgIpc) is 3.52. The van der Waals surface area contributed by atoms with Crippen LogP contribution >= 0.6 is 11.6 Å². The predicted molar refractivity (Wildman–Crippen MR) is 105 cm³/mol. The Morgan fingerprint density at radius 3 is 2.22 bits per heavy atom. The molecule has 27 heavy (non-hydrogen) atoms. The molecule has 0 heterocycles. The lowest BCUT2D eigenvalue weighted by Crippen LogP contribution is -2.35. The molecule has 0 unspecified atom stereocenters. The minimum atomic E-state index is -0.0180. The van der Waals surface area contributed by atoms with Crippen LogP contribution in [0, 0.1) is 0 Å². The maximum atomic E-state index is 13.0. The molecule has 0 aliphatic heterocycles. The van der Waals surface area contributed by atoms with Crippen molar-refractivity contribution in [2.75, 3.05) is 27.9 Å². The first-order valence-corrected chi connectivity index (χ1v) is 9.31. The second-order valence-corrected chi connectivity index (χ2v) is 6.90. The number of benzene rings is 2. The molecule has 1 aliphatic rings. The first-order valence-electron chi connectivity index (χ1n) is 8.93. The number of carbonyl (C=O) groups excluding carboxylic acids is 1. The zero-order chi connectivity index (χ0) is 19.4. The summed E-state index contributed by atoms with van der Waals surface area (Å²) in [5.74, 6) is 1.77. The number of methoxy groups -OCH3 is 3. The standard InChI is InChI=1S/C21H24ClNO4/c1-25-18-12-14(13-19(26-2)20(18)27-3)10-11-23(15-8-9-15)21(24)16-6-4-5-7-17(16)22/h4-7,12-13,15H,8-11H2,1-3H3. The first-order chi connectivity index (χ1) is 13.1. The highest BCUT2D eigenvalue weighted by Gasteiger charge is 2.33. The Bertz CT molecular complexity index is 795. The minimum Gasteiger partial charge on any atom is -0.493 e. The van der Waals surface area contributed by atoms with Gasteiger partial charge in [0.15, 0.2) is 11.5 Å². The summed E-state index contributed by atoms with van der Waals surface area (Å²) in [6.07, 6.45) is 2.75. The van der Waals surface area contributed by atoms with E-state index < -0.39 is 0 Å². The van der Waals surface area contributed by atoms with E-state index in [1.165, 1.54) is 0 Å². The van der Waals surface area contributed by atoms with Gasteiger partial charge in [-0.05, 0) is 49.1 Å². The Morgan fingerprint density at radius 2 is 1.70 bits per heavy atom. The van der Waals surface area contributed by atoms with Crippen molar-refractivity contribution in [3.8, 4) is 17.2 Å². The number of ether oxygens (including phenoxy) is 3. The van der Waals surface area contributed by atoms with Crippen LogP contribution < -0.4 is 14.2 Å². The molecular formula is C21H24ClNO4. The normalized spacial score (nSPS) is 13.2. The lowest BCUT2D eigenvalue weighted by atomic mass is 10.1. The second-order valence-electron chi connectivity index (χ2n) is 6.49. The van der Waals surface area contributed by atoms with Crippen molar-refractivity contribution in [2.24, 2.45) is 0 Å². The number of hydrogen-bond acceptors (Lipinski definition) is 4. The van der Waals surface area contributed by atoms with E-state index in [4.69, 9.17) is 25.8 Å². The fraction of sp³-hybridized carbons (Fsp3) is 0.381. The molecule has 0 saturated heterocycles. The first kappa shape index (κ1) is 19.4. The van der Waals surface area contributed by atoms with E-state index in [9.17, 15) is 4.79 Å². The summed E-state index contributed by atoms with van der Waals surface area (Å²) >= 11 is 6.22. The van der Waals surface area contributed by atoms with Gasteiger partial charge in [-0.25, -0.2) is 0 Å². The molecular weight excluding hydrogens is 366 g/mol. The van der Waals surface area contributed by atoms with Crippen LogP contribution in [-0.2, 0) is 6.42 Å². The average molecular weight is 390 g/mol. The largest absolute Gasteiger partial charge is 0.493 e. The molecule has 0 atom stereocenters. The highest BCUT2D eigenvalue weighted by molar-refractivity contribution is 6.33. The van der Waals surface area contributed by atoms with Gasteiger partial charge in [-0.3, -0.25) is 4.79 Å². The number of rotatable bonds is 8. The number of nitrogens with zero attached hydrogens (tertiary/aromatic N) is 1. The molecule has 0 aromatic heterocycles. The topological polar surface area (TPSA) is 48.0 Å². The molecule has 1 amide bonds. The summed E-state index contributed by atoms with van der Waals surface area (Å²) in [5, 5.41) is 0.487. The summed E-state index contributed by atoms with van der Waals surface area (Å²) in [5.41, 5.74) is 1.57. The smallest absolute Gasteiger partial charge is 0.255 e. The van der Waals surface area contributed by atoms with Crippen molar-refractivity contribution in [3.63, 3.8) is 0 Å². The van der Waals surface area contributed by atoms with Gasteiger partial charge in [0.1, 0.15) is 0 Å². The van der Waals surface area contributed by atoms with E-state index in [0.29, 0.717) is 40.8 Å². The Hall–Kier alpha value is -2.40. The lowest BCUT2D eigenvalue weighted by Gasteiger charge is -2.23. The molecule has 2 aromatic carbocycles. The number of amides is 1. The van der Waals surface area contributed by atoms with E-state index in [1.54, 1.807) is 33.5 Å². The van der Waals surface area contributed by atoms with Crippen LogP contribution in [0.4, 0.5) is 0 Å². The van der Waals surface area contributed by atoms with Crippen LogP contribution in [0.15, 0.2) is 36.4 Å². The third-order valence-electron chi connectivity index (χ3n) is 4.72. The van der Waals surface area contributed by atoms with Gasteiger partial charge in [-0.1, -0.05) is 23.7 Å². The summed E-state index contributed by atoms with van der Waals surface area (Å²) in [7, 11) is 4.77. The lowest BCUT2D eigenvalue weighted by molar-refractivity contribution is 0.0745. The third kappa shape index (κ3) is 4.30. The molecule has 6 heteroatoms. The minimum absolute atomic E-state index is 0.0180. The van der Waals surface area contributed by atoms with Gasteiger partial charge >= 0.3 is 0 Å². The van der Waals surface area contributed by atoms with Crippen LogP contribution in [0.3, 0.4) is 0 Å². The van der Waals surface area contributed by atoms with Crippen LogP contribution in [0.25, 0.3) is 0 Å². The summed E-state index contributed by atoms with van der Waals surface area (Å²) in [6.45, 7) is 0.605. The van der Waals surface area contributed by atoms with E-state index in [0.717, 1.165) is 18.4 Å². The maximum Gasteiger partial charge on any atom is 0.255 e. The van der Waals surface area contributed by atoms with Crippen LogP contribution in [0.5, 0.6) is 17.2 Å². The van der Waals surface area contributed by atoms with Gasteiger partial charge in [-0.15, -0.1) is 0 Å². The van der Waals surface area contributed by atoms with Crippen LogP contribution in [-0.4, -0.2) is 44.7 Å². The van der Waals surface area contributed by atoms with Crippen LogP contribution in [0.1, 0.15) is 28.8 Å². The second kappa shape index (κ2) is 8.53. The van der Waals surface area contributed by atoms with Crippen molar-refractivity contribution < 1.29 is 19.0 Å². The van der Waals surface area contributed by atoms with Gasteiger partial charge in [-0.2, -0.15) is 0 Å². The molecule has 144 valence electrons. The molecule has 3 rings (SSSR count). The van der Waals surface area contributed by atoms with Gasteiger partial charge in [0.2, 0.25) is 5.75 Å². The van der Waals surface area contributed by atoms with Gasteiger partial charge in [0.05, 0.1) is 31.9 Å². The Labute approximate surface area is 164 Å². The fourth-order valence-electron chi connectivity index (χ4n) is 3.15. The molecule has 1 aliphatic carbocycles. The molecule has 5 nitrogen and oxygen atoms in total. The summed E-state index contributed by atoms with van der Waals surface area (Å²) < 4.78 is 16.2. The predicted octanol–water partition coefficient (Wildman–Crippen LogP) is 4.21. The Morgan fingerprint density at radius 1 is 1.07 bits per heavy atom. The van der Waals surface area contributed by atoms with Crippen molar-refractivity contribution in [2.45, 2.75) is 25.3 Å². The van der Waals surface area contributed by atoms with Gasteiger partial charge < -0.3 is 19.1 Å². The fourth-order valence-corrected chi connectivity index (χ4v) is 3.37. The maximum absolute atomic E-state index is 13.0. The zero-order valence-corrected chi connectivity index (χ0v) is 16.6. The highest BCUT2D eigenvalue weighted by atomic mass is 35.5. The quantitative estimate of drug-likeness (QED) is 0.678. The zero-order valence-electron chi connectivity index (χ0n) is 15.8. The van der Waals surface area contributed by atoms with Crippen molar-refractivity contribution in [1.82, 2.24) is 4.90 Å². The van der Waals surface area contributed by atoms with Crippen LogP contribution in [0.2, 0.25) is 5.02 Å². The molecule has 2 aromatic rings. The van der Waals surface area contributed by atoms with Crippen molar-refractivity contribution in [1.29, 1.82) is 0 Å². The highest BCUT2D eigenvalue weighted by Crippen LogP contribution is 2.38. The molecule has 0 bridgehead atoms. The molecule has 0 radical (unpaired) electrons. The Balaban J connectivity index is 1.79. The van der Waals surface area contributed by atoms with Crippen molar-refractivity contribution in [3.05, 3.63) is 52.5 Å². The number of hydrogen-bond donors (Lipinski definition) is 0. The van der Waals surface area contributed by atoms with E-state index in [2.05, 4.69) is 0 Å². The molecule has 0 spiro atoms. The molecule has 0 N–H and O–H groups in total. The monoisotopic (exact) mass is 389 g/mol. The summed E-state index contributed by atoms with van der Waals surface area (Å²) in [6, 6.07) is 11.3. The third-order valence-corrected chi connectivity index (χ3v) is 5.05. The molecule has 1 fully saturated rings. The van der Waals surface area contributed by atoms with E-state index in [1.807, 2.05) is 29.2 Å². The number of halogens is 1. The van der Waals surface area contributed by atoms with Crippen molar-refractivity contribution >= 4 is 17.5 Å². The summed E-state index contributed by atoms with van der Waals surface area (Å²) in [4.78, 5) is 14.9. The Kier molecular flexibility index (Phi) is 6.11. The van der Waals surface area contributed by atoms with Gasteiger partial charge in [0.25, 0.3) is 5.91 Å². The number of carbonyl (C=O) groups is 1. The van der Waals surface area contributed by atoms with E-state index >= 15 is 0 Å². The van der Waals surface area contributed by atoms with E-state index in [-0.39, 0.29) is 11.9 Å². The van der Waals surface area contributed by atoms with Gasteiger partial charge in [0, 0.05) is 12.6 Å².